The summed E-state index contributed by atoms with van der Waals surface area (Å²) in [5.74, 6) is 0.552. The highest BCUT2D eigenvalue weighted by atomic mass is 79.9. The Kier molecular flexibility index (Phi) is 2.99. The number of halogens is 1. The molecule has 2 aromatic rings. The lowest BCUT2D eigenvalue weighted by Gasteiger charge is -2.20. The van der Waals surface area contributed by atoms with Gasteiger partial charge >= 0.3 is 0 Å². The van der Waals surface area contributed by atoms with Crippen LogP contribution in [-0.2, 0) is 6.54 Å². The van der Waals surface area contributed by atoms with Gasteiger partial charge in [0.1, 0.15) is 5.52 Å². The van der Waals surface area contributed by atoms with Crippen LogP contribution in [0.3, 0.4) is 0 Å². The first-order valence-corrected chi connectivity index (χ1v) is 6.92. The normalized spacial score (nSPS) is 20.9. The monoisotopic (exact) mass is 309 g/mol. The Bertz CT molecular complexity index is 579. The van der Waals surface area contributed by atoms with Crippen molar-refractivity contribution in [3.05, 3.63) is 16.7 Å². The highest BCUT2D eigenvalue weighted by Crippen LogP contribution is 2.23. The number of pyridine rings is 1. The molecule has 0 aliphatic carbocycles. The Morgan fingerprint density at radius 1 is 1.56 bits per heavy atom. The van der Waals surface area contributed by atoms with Crippen molar-refractivity contribution in [3.63, 3.8) is 0 Å². The van der Waals surface area contributed by atoms with E-state index in [4.69, 9.17) is 5.73 Å². The molecule has 1 unspecified atom stereocenters. The average molecular weight is 310 g/mol. The zero-order chi connectivity index (χ0) is 12.7. The van der Waals surface area contributed by atoms with Crippen LogP contribution < -0.4 is 5.73 Å². The van der Waals surface area contributed by atoms with Crippen LogP contribution in [0.4, 0.5) is 5.95 Å². The van der Waals surface area contributed by atoms with E-state index in [0.717, 1.165) is 28.7 Å². The molecule has 0 saturated carbocycles. The van der Waals surface area contributed by atoms with Gasteiger partial charge in [0, 0.05) is 23.3 Å². The van der Waals surface area contributed by atoms with E-state index in [1.54, 1.807) is 6.20 Å². The molecule has 0 aromatic carbocycles. The van der Waals surface area contributed by atoms with Gasteiger partial charge in [0.25, 0.3) is 0 Å². The third-order valence-corrected chi connectivity index (χ3v) is 4.08. The number of nitrogen functional groups attached to an aromatic ring is 1. The third-order valence-electron chi connectivity index (χ3n) is 3.65. The summed E-state index contributed by atoms with van der Waals surface area (Å²) < 4.78 is 2.95. The second kappa shape index (κ2) is 4.51. The van der Waals surface area contributed by atoms with E-state index < -0.39 is 0 Å². The molecule has 0 amide bonds. The van der Waals surface area contributed by atoms with Crippen LogP contribution in [0.25, 0.3) is 11.2 Å². The van der Waals surface area contributed by atoms with E-state index in [1.165, 1.54) is 12.8 Å². The summed E-state index contributed by atoms with van der Waals surface area (Å²) in [6.45, 7) is 2.03. The van der Waals surface area contributed by atoms with Gasteiger partial charge in [0.15, 0.2) is 5.65 Å². The largest absolute Gasteiger partial charge is 0.369 e. The molecule has 2 N–H and O–H groups in total. The van der Waals surface area contributed by atoms with Crippen LogP contribution >= 0.6 is 15.9 Å². The Hall–Kier alpha value is -1.14. The van der Waals surface area contributed by atoms with Crippen molar-refractivity contribution in [2.75, 3.05) is 19.3 Å². The van der Waals surface area contributed by atoms with Crippen molar-refractivity contribution in [1.82, 2.24) is 19.4 Å². The van der Waals surface area contributed by atoms with E-state index in [-0.39, 0.29) is 0 Å². The molecule has 1 fully saturated rings. The Labute approximate surface area is 114 Å². The van der Waals surface area contributed by atoms with E-state index in [1.807, 2.05) is 10.6 Å². The summed E-state index contributed by atoms with van der Waals surface area (Å²) in [6.07, 6.45) is 4.26. The van der Waals surface area contributed by atoms with E-state index in [9.17, 15) is 0 Å². The number of hydrogen-bond donors (Lipinski definition) is 1. The Morgan fingerprint density at radius 3 is 3.11 bits per heavy atom. The lowest BCUT2D eigenvalue weighted by Crippen LogP contribution is -2.29. The maximum Gasteiger partial charge on any atom is 0.202 e. The molecule has 1 aliphatic rings. The fourth-order valence-electron chi connectivity index (χ4n) is 2.60. The van der Waals surface area contributed by atoms with Gasteiger partial charge in [0.05, 0.1) is 0 Å². The van der Waals surface area contributed by atoms with Crippen LogP contribution in [0.5, 0.6) is 0 Å². The number of fused-ring (bicyclic) bond motifs is 1. The summed E-state index contributed by atoms with van der Waals surface area (Å²) in [5, 5.41) is 0. The number of likely N-dealkylation sites (tertiary alicyclic amines) is 1. The van der Waals surface area contributed by atoms with Crippen LogP contribution in [0.1, 0.15) is 12.8 Å². The average Bonchev–Trinajstić information content (AvgIpc) is 2.85. The van der Waals surface area contributed by atoms with Crippen LogP contribution in [0.15, 0.2) is 16.7 Å². The van der Waals surface area contributed by atoms with Gasteiger partial charge in [0.2, 0.25) is 5.95 Å². The van der Waals surface area contributed by atoms with Gasteiger partial charge < -0.3 is 10.6 Å². The minimum absolute atomic E-state index is 0.537. The molecule has 18 heavy (non-hydrogen) atoms. The minimum atomic E-state index is 0.537. The van der Waals surface area contributed by atoms with E-state index >= 15 is 0 Å². The molecular formula is C12H16BrN5. The number of likely N-dealkylation sites (N-methyl/N-ethyl adjacent to an activating group) is 1. The number of nitrogens with zero attached hydrogens (tertiary/aromatic N) is 4. The van der Waals surface area contributed by atoms with Crippen LogP contribution in [-0.4, -0.2) is 39.1 Å². The fraction of sp³-hybridized carbons (Fsp3) is 0.500. The molecule has 5 nitrogen and oxygen atoms in total. The number of imidazole rings is 1. The number of anilines is 1. The fourth-order valence-corrected chi connectivity index (χ4v) is 2.92. The number of hydrogen-bond acceptors (Lipinski definition) is 4. The van der Waals surface area contributed by atoms with Gasteiger partial charge in [-0.05, 0) is 48.4 Å². The standard InChI is InChI=1S/C12H16BrN5/c1-17-4-2-3-9(17)7-18-11-10(16-12(18)14)5-8(13)6-15-11/h5-6,9H,2-4,7H2,1H3,(H2,14,16). The molecule has 3 heterocycles. The smallest absolute Gasteiger partial charge is 0.202 e. The number of rotatable bonds is 2. The molecule has 6 heteroatoms. The van der Waals surface area contributed by atoms with E-state index in [0.29, 0.717) is 12.0 Å². The molecule has 0 radical (unpaired) electrons. The van der Waals surface area contributed by atoms with Crippen molar-refractivity contribution < 1.29 is 0 Å². The summed E-state index contributed by atoms with van der Waals surface area (Å²) in [6, 6.07) is 2.49. The third kappa shape index (κ3) is 1.99. The zero-order valence-electron chi connectivity index (χ0n) is 10.3. The molecule has 3 rings (SSSR count). The van der Waals surface area contributed by atoms with Crippen molar-refractivity contribution >= 4 is 33.0 Å². The topological polar surface area (TPSA) is 60.0 Å². The van der Waals surface area contributed by atoms with Crippen molar-refractivity contribution in [1.29, 1.82) is 0 Å². The maximum absolute atomic E-state index is 6.00. The number of aromatic nitrogens is 3. The minimum Gasteiger partial charge on any atom is -0.369 e. The Morgan fingerprint density at radius 2 is 2.39 bits per heavy atom. The molecule has 1 aliphatic heterocycles. The predicted octanol–water partition coefficient (Wildman–Crippen LogP) is 1.87. The molecule has 0 bridgehead atoms. The van der Waals surface area contributed by atoms with Crippen LogP contribution in [0, 0.1) is 0 Å². The highest BCUT2D eigenvalue weighted by Gasteiger charge is 2.23. The maximum atomic E-state index is 6.00. The first-order chi connectivity index (χ1) is 8.65. The first-order valence-electron chi connectivity index (χ1n) is 6.12. The summed E-state index contributed by atoms with van der Waals surface area (Å²) >= 11 is 3.40. The van der Waals surface area contributed by atoms with Gasteiger partial charge in [-0.15, -0.1) is 0 Å². The molecule has 1 atom stereocenters. The second-order valence-corrected chi connectivity index (χ2v) is 5.77. The van der Waals surface area contributed by atoms with Crippen molar-refractivity contribution in [2.24, 2.45) is 0 Å². The lowest BCUT2D eigenvalue weighted by atomic mass is 10.2. The molecule has 96 valence electrons. The van der Waals surface area contributed by atoms with Gasteiger partial charge in [-0.2, -0.15) is 0 Å². The molecule has 1 saturated heterocycles. The summed E-state index contributed by atoms with van der Waals surface area (Å²) in [7, 11) is 2.16. The van der Waals surface area contributed by atoms with Gasteiger partial charge in [-0.25, -0.2) is 9.97 Å². The van der Waals surface area contributed by atoms with E-state index in [2.05, 4.69) is 37.8 Å². The first kappa shape index (κ1) is 11.9. The lowest BCUT2D eigenvalue weighted by molar-refractivity contribution is 0.285. The quantitative estimate of drug-likeness (QED) is 0.920. The molecule has 2 aromatic heterocycles. The van der Waals surface area contributed by atoms with Crippen molar-refractivity contribution in [3.8, 4) is 0 Å². The van der Waals surface area contributed by atoms with Crippen molar-refractivity contribution in [2.45, 2.75) is 25.4 Å². The zero-order valence-corrected chi connectivity index (χ0v) is 11.9. The number of nitrogens with two attached hydrogens (primary N) is 1. The highest BCUT2D eigenvalue weighted by molar-refractivity contribution is 9.10. The predicted molar refractivity (Wildman–Crippen MR) is 75.3 cm³/mol. The molecular weight excluding hydrogens is 294 g/mol. The van der Waals surface area contributed by atoms with Gasteiger partial charge in [-0.1, -0.05) is 0 Å². The molecule has 0 spiro atoms. The van der Waals surface area contributed by atoms with Crippen LogP contribution in [0.2, 0.25) is 0 Å². The van der Waals surface area contributed by atoms with Gasteiger partial charge in [-0.3, -0.25) is 4.57 Å². The summed E-state index contributed by atoms with van der Waals surface area (Å²) in [4.78, 5) is 11.2. The summed E-state index contributed by atoms with van der Waals surface area (Å²) in [5.41, 5.74) is 7.73. The second-order valence-electron chi connectivity index (χ2n) is 4.85. The Balaban J connectivity index is 1.98. The SMILES string of the molecule is CN1CCCC1Cn1c(N)nc2cc(Br)cnc21.